The van der Waals surface area contributed by atoms with Gasteiger partial charge in [-0.1, -0.05) is 6.07 Å². The van der Waals surface area contributed by atoms with Gasteiger partial charge in [-0.3, -0.25) is 9.59 Å². The molecule has 0 radical (unpaired) electrons. The molecule has 1 aliphatic rings. The zero-order valence-electron chi connectivity index (χ0n) is 16.5. The third-order valence-electron chi connectivity index (χ3n) is 4.85. The Balaban J connectivity index is 1.80. The summed E-state index contributed by atoms with van der Waals surface area (Å²) in [5.74, 6) is 1.40. The van der Waals surface area contributed by atoms with Gasteiger partial charge in [0.15, 0.2) is 11.5 Å². The first-order valence-corrected chi connectivity index (χ1v) is 9.34. The van der Waals surface area contributed by atoms with Crippen molar-refractivity contribution < 1.29 is 23.8 Å². The highest BCUT2D eigenvalue weighted by molar-refractivity contribution is 5.81. The van der Waals surface area contributed by atoms with E-state index in [9.17, 15) is 9.59 Å². The second-order valence-corrected chi connectivity index (χ2v) is 6.66. The number of likely N-dealkylation sites (tertiary alicyclic amines) is 1. The Morgan fingerprint density at radius 3 is 2.44 bits per heavy atom. The quantitative estimate of drug-likeness (QED) is 0.661. The van der Waals surface area contributed by atoms with E-state index in [1.54, 1.807) is 21.3 Å². The zero-order chi connectivity index (χ0) is 19.6. The lowest BCUT2D eigenvalue weighted by molar-refractivity contribution is -0.135. The molecule has 0 bridgehead atoms. The molecule has 150 valence electrons. The molecule has 0 unspecified atom stereocenters. The van der Waals surface area contributed by atoms with Crippen LogP contribution in [0.2, 0.25) is 0 Å². The van der Waals surface area contributed by atoms with Crippen molar-refractivity contribution in [2.24, 2.45) is 5.92 Å². The summed E-state index contributed by atoms with van der Waals surface area (Å²) >= 11 is 0. The number of rotatable bonds is 9. The van der Waals surface area contributed by atoms with Crippen LogP contribution in [0.1, 0.15) is 24.8 Å². The molecule has 1 aliphatic heterocycles. The van der Waals surface area contributed by atoms with Gasteiger partial charge in [0.1, 0.15) is 0 Å². The van der Waals surface area contributed by atoms with Crippen LogP contribution in [0.15, 0.2) is 18.2 Å². The number of benzene rings is 1. The van der Waals surface area contributed by atoms with Crippen molar-refractivity contribution >= 4 is 11.8 Å². The summed E-state index contributed by atoms with van der Waals surface area (Å²) in [6.07, 6.45) is 2.53. The van der Waals surface area contributed by atoms with E-state index in [2.05, 4.69) is 5.32 Å². The van der Waals surface area contributed by atoms with Crippen LogP contribution >= 0.6 is 0 Å². The van der Waals surface area contributed by atoms with Gasteiger partial charge in [0, 0.05) is 39.3 Å². The normalized spacial score (nSPS) is 14.7. The lowest BCUT2D eigenvalue weighted by Gasteiger charge is -2.31. The monoisotopic (exact) mass is 378 g/mol. The standard InChI is InChI=1S/C20H30N2O5/c1-25-12-4-9-21-20(24)16-7-10-22(11-8-16)19(23)14-15-5-6-17(26-2)18(13-15)27-3/h5-6,13,16H,4,7-12,14H2,1-3H3,(H,21,24). The maximum Gasteiger partial charge on any atom is 0.226 e. The lowest BCUT2D eigenvalue weighted by Crippen LogP contribution is -2.43. The smallest absolute Gasteiger partial charge is 0.226 e. The average molecular weight is 378 g/mol. The Hall–Kier alpha value is -2.28. The minimum absolute atomic E-state index is 0.0160. The molecule has 0 aromatic heterocycles. The number of ether oxygens (including phenoxy) is 3. The van der Waals surface area contributed by atoms with Crippen LogP contribution in [0.3, 0.4) is 0 Å². The van der Waals surface area contributed by atoms with Gasteiger partial charge in [-0.05, 0) is 37.0 Å². The van der Waals surface area contributed by atoms with Crippen LogP contribution in [0.4, 0.5) is 0 Å². The molecule has 0 aliphatic carbocycles. The van der Waals surface area contributed by atoms with Crippen molar-refractivity contribution in [1.29, 1.82) is 0 Å². The fraction of sp³-hybridized carbons (Fsp3) is 0.600. The van der Waals surface area contributed by atoms with Crippen LogP contribution < -0.4 is 14.8 Å². The highest BCUT2D eigenvalue weighted by Gasteiger charge is 2.27. The molecule has 1 N–H and O–H groups in total. The van der Waals surface area contributed by atoms with Crippen molar-refractivity contribution in [3.63, 3.8) is 0 Å². The number of hydrogen-bond donors (Lipinski definition) is 1. The number of amides is 2. The van der Waals surface area contributed by atoms with E-state index in [1.807, 2.05) is 23.1 Å². The Morgan fingerprint density at radius 2 is 1.81 bits per heavy atom. The Kier molecular flexibility index (Phi) is 8.39. The van der Waals surface area contributed by atoms with E-state index in [1.165, 1.54) is 0 Å². The third kappa shape index (κ3) is 6.13. The SMILES string of the molecule is COCCCNC(=O)C1CCN(C(=O)Cc2ccc(OC)c(OC)c2)CC1. The first-order chi connectivity index (χ1) is 13.1. The summed E-state index contributed by atoms with van der Waals surface area (Å²) in [5, 5.41) is 2.95. The van der Waals surface area contributed by atoms with Crippen LogP contribution in [0, 0.1) is 5.92 Å². The summed E-state index contributed by atoms with van der Waals surface area (Å²) < 4.78 is 15.5. The predicted molar refractivity (Wildman–Crippen MR) is 102 cm³/mol. The second kappa shape index (κ2) is 10.8. The maximum atomic E-state index is 12.6. The summed E-state index contributed by atoms with van der Waals surface area (Å²) in [7, 11) is 4.81. The number of methoxy groups -OCH3 is 3. The Morgan fingerprint density at radius 1 is 1.11 bits per heavy atom. The van der Waals surface area contributed by atoms with Crippen LogP contribution in [-0.2, 0) is 20.7 Å². The number of piperidine rings is 1. The topological polar surface area (TPSA) is 77.1 Å². The van der Waals surface area contributed by atoms with Crippen LogP contribution in [0.5, 0.6) is 11.5 Å². The van der Waals surface area contributed by atoms with Gasteiger partial charge in [-0.15, -0.1) is 0 Å². The lowest BCUT2D eigenvalue weighted by atomic mass is 9.95. The third-order valence-corrected chi connectivity index (χ3v) is 4.85. The van der Waals surface area contributed by atoms with Gasteiger partial charge in [0.25, 0.3) is 0 Å². The number of nitrogens with one attached hydrogen (secondary N) is 1. The molecule has 2 amide bonds. The van der Waals surface area contributed by atoms with Crippen LogP contribution in [0.25, 0.3) is 0 Å². The molecule has 0 spiro atoms. The molecule has 0 saturated carbocycles. The highest BCUT2D eigenvalue weighted by Crippen LogP contribution is 2.28. The number of nitrogens with zero attached hydrogens (tertiary/aromatic N) is 1. The minimum Gasteiger partial charge on any atom is -0.493 e. The van der Waals surface area contributed by atoms with E-state index < -0.39 is 0 Å². The summed E-state index contributed by atoms with van der Waals surface area (Å²) in [5.41, 5.74) is 0.885. The molecule has 2 rings (SSSR count). The largest absolute Gasteiger partial charge is 0.493 e. The zero-order valence-corrected chi connectivity index (χ0v) is 16.5. The van der Waals surface area contributed by atoms with E-state index in [0.717, 1.165) is 12.0 Å². The molecule has 27 heavy (non-hydrogen) atoms. The van der Waals surface area contributed by atoms with Gasteiger partial charge < -0.3 is 24.4 Å². The van der Waals surface area contributed by atoms with Gasteiger partial charge in [0.05, 0.1) is 20.6 Å². The van der Waals surface area contributed by atoms with Gasteiger partial charge in [-0.2, -0.15) is 0 Å². The molecular weight excluding hydrogens is 348 g/mol. The molecule has 1 heterocycles. The maximum absolute atomic E-state index is 12.6. The fourth-order valence-corrected chi connectivity index (χ4v) is 3.24. The molecule has 1 aromatic carbocycles. The van der Waals surface area contributed by atoms with E-state index >= 15 is 0 Å². The minimum atomic E-state index is -0.0160. The van der Waals surface area contributed by atoms with Crippen molar-refractivity contribution in [2.75, 3.05) is 47.6 Å². The van der Waals surface area contributed by atoms with Gasteiger partial charge in [-0.25, -0.2) is 0 Å². The fourth-order valence-electron chi connectivity index (χ4n) is 3.24. The number of hydrogen-bond acceptors (Lipinski definition) is 5. The van der Waals surface area contributed by atoms with Gasteiger partial charge >= 0.3 is 0 Å². The number of carbonyl (C=O) groups is 2. The van der Waals surface area contributed by atoms with Gasteiger partial charge in [0.2, 0.25) is 11.8 Å². The molecule has 1 aromatic rings. The first kappa shape index (κ1) is 21.0. The summed E-state index contributed by atoms with van der Waals surface area (Å²) in [6, 6.07) is 5.51. The highest BCUT2D eigenvalue weighted by atomic mass is 16.5. The average Bonchev–Trinajstić information content (AvgIpc) is 2.71. The molecule has 0 atom stereocenters. The number of carbonyl (C=O) groups excluding carboxylic acids is 2. The molecule has 7 nitrogen and oxygen atoms in total. The molecule has 7 heteroatoms. The van der Waals surface area contributed by atoms with Crippen molar-refractivity contribution in [3.8, 4) is 11.5 Å². The Labute approximate surface area is 161 Å². The molecule has 1 saturated heterocycles. The Bertz CT molecular complexity index is 627. The van der Waals surface area contributed by atoms with Crippen LogP contribution in [-0.4, -0.2) is 64.3 Å². The van der Waals surface area contributed by atoms with E-state index in [4.69, 9.17) is 14.2 Å². The second-order valence-electron chi connectivity index (χ2n) is 6.66. The molecule has 1 fully saturated rings. The van der Waals surface area contributed by atoms with E-state index in [-0.39, 0.29) is 17.7 Å². The van der Waals surface area contributed by atoms with Crippen molar-refractivity contribution in [3.05, 3.63) is 23.8 Å². The van der Waals surface area contributed by atoms with Crippen molar-refractivity contribution in [2.45, 2.75) is 25.7 Å². The predicted octanol–water partition coefficient (Wildman–Crippen LogP) is 1.64. The van der Waals surface area contributed by atoms with E-state index in [0.29, 0.717) is 57.0 Å². The summed E-state index contributed by atoms with van der Waals surface area (Å²) in [6.45, 7) is 2.50. The molecular formula is C20H30N2O5. The summed E-state index contributed by atoms with van der Waals surface area (Å²) in [4.78, 5) is 26.6. The first-order valence-electron chi connectivity index (χ1n) is 9.34. The van der Waals surface area contributed by atoms with Crippen molar-refractivity contribution in [1.82, 2.24) is 10.2 Å².